The molecule has 0 aliphatic rings. The van der Waals surface area contributed by atoms with Crippen molar-refractivity contribution in [3.05, 3.63) is 52.7 Å². The average Bonchev–Trinajstić information content (AvgIpc) is 3.13. The summed E-state index contributed by atoms with van der Waals surface area (Å²) in [6.45, 7) is 4.62. The maximum atomic E-state index is 11.9. The summed E-state index contributed by atoms with van der Waals surface area (Å²) in [5.74, 6) is -0.125. The van der Waals surface area contributed by atoms with Gasteiger partial charge in [0.05, 0.1) is 19.0 Å². The third kappa shape index (κ3) is 3.61. The van der Waals surface area contributed by atoms with Gasteiger partial charge >= 0.3 is 5.97 Å². The van der Waals surface area contributed by atoms with Gasteiger partial charge in [0.1, 0.15) is 22.8 Å². The summed E-state index contributed by atoms with van der Waals surface area (Å²) in [4.78, 5) is 29.4. The number of hydrogen-bond acceptors (Lipinski definition) is 6. The van der Waals surface area contributed by atoms with E-state index in [2.05, 4.69) is 20.3 Å². The van der Waals surface area contributed by atoms with Gasteiger partial charge in [0.15, 0.2) is 0 Å². The first kappa shape index (κ1) is 17.3. The zero-order valence-electron chi connectivity index (χ0n) is 14.2. The molecule has 2 N–H and O–H groups in total. The number of ether oxygens (including phenoxy) is 1. The second-order valence-electron chi connectivity index (χ2n) is 6.01. The predicted octanol–water partition coefficient (Wildman–Crippen LogP) is 1.75. The van der Waals surface area contributed by atoms with E-state index in [1.165, 1.54) is 0 Å². The number of nitrogens with one attached hydrogen (secondary N) is 1. The molecule has 0 bridgehead atoms. The predicted molar refractivity (Wildman–Crippen MR) is 92.5 cm³/mol. The number of carboxylic acid groups (broad SMARTS) is 1. The van der Waals surface area contributed by atoms with Crippen LogP contribution < -0.4 is 10.3 Å². The fourth-order valence-corrected chi connectivity index (χ4v) is 2.25. The number of benzene rings is 1. The Morgan fingerprint density at radius 3 is 2.81 bits per heavy atom. The lowest BCUT2D eigenvalue weighted by Crippen LogP contribution is -2.18. The van der Waals surface area contributed by atoms with Gasteiger partial charge < -0.3 is 14.8 Å². The molecule has 0 aliphatic heterocycles. The highest BCUT2D eigenvalue weighted by Gasteiger charge is 2.14. The Hall–Kier alpha value is -3.49. The molecular weight excluding hydrogens is 338 g/mol. The molecule has 0 fully saturated rings. The van der Waals surface area contributed by atoms with Crippen LogP contribution in [0.25, 0.3) is 17.1 Å². The van der Waals surface area contributed by atoms with Gasteiger partial charge in [-0.15, -0.1) is 5.10 Å². The summed E-state index contributed by atoms with van der Waals surface area (Å²) in [5, 5.41) is 16.7. The van der Waals surface area contributed by atoms with E-state index < -0.39 is 17.1 Å². The van der Waals surface area contributed by atoms with Crippen LogP contribution in [0.4, 0.5) is 0 Å². The van der Waals surface area contributed by atoms with Gasteiger partial charge in [-0.05, 0) is 24.1 Å². The first-order valence-electron chi connectivity index (χ1n) is 7.92. The third-order valence-corrected chi connectivity index (χ3v) is 3.50. The van der Waals surface area contributed by atoms with Crippen LogP contribution in [0, 0.1) is 5.92 Å². The zero-order valence-corrected chi connectivity index (χ0v) is 14.2. The van der Waals surface area contributed by atoms with E-state index in [0.717, 1.165) is 6.20 Å². The smallest absolute Gasteiger partial charge is 0.342 e. The van der Waals surface area contributed by atoms with E-state index in [-0.39, 0.29) is 5.82 Å². The molecule has 1 aromatic carbocycles. The van der Waals surface area contributed by atoms with Gasteiger partial charge in [-0.1, -0.05) is 19.1 Å². The van der Waals surface area contributed by atoms with Crippen molar-refractivity contribution in [2.45, 2.75) is 13.8 Å². The molecule has 2 heterocycles. The summed E-state index contributed by atoms with van der Waals surface area (Å²) in [6.07, 6.45) is 4.25. The van der Waals surface area contributed by atoms with E-state index >= 15 is 0 Å². The van der Waals surface area contributed by atoms with E-state index in [0.29, 0.717) is 29.5 Å². The number of carboxylic acids is 1. The molecule has 0 spiro atoms. The van der Waals surface area contributed by atoms with Crippen LogP contribution in [0.15, 0.2) is 41.6 Å². The Bertz CT molecular complexity index is 979. The Labute approximate surface area is 148 Å². The summed E-state index contributed by atoms with van der Waals surface area (Å²) in [5.41, 5.74) is 0.0825. The number of aromatic carboxylic acids is 1. The number of rotatable bonds is 6. The highest BCUT2D eigenvalue weighted by atomic mass is 16.5. The lowest BCUT2D eigenvalue weighted by atomic mass is 10.1. The minimum absolute atomic E-state index is 0.247. The minimum atomic E-state index is -1.33. The normalized spacial score (nSPS) is 10.9. The zero-order chi connectivity index (χ0) is 18.7. The van der Waals surface area contributed by atoms with Crippen LogP contribution in [0.3, 0.4) is 0 Å². The molecule has 0 saturated heterocycles. The summed E-state index contributed by atoms with van der Waals surface area (Å²) >= 11 is 0. The Kier molecular flexibility index (Phi) is 4.78. The molecule has 0 radical (unpaired) electrons. The van der Waals surface area contributed by atoms with Crippen molar-refractivity contribution in [3.8, 4) is 22.8 Å². The number of aromatic amines is 1. The number of aromatic nitrogens is 5. The van der Waals surface area contributed by atoms with E-state index in [9.17, 15) is 9.59 Å². The van der Waals surface area contributed by atoms with Crippen molar-refractivity contribution in [2.24, 2.45) is 5.92 Å². The van der Waals surface area contributed by atoms with Crippen molar-refractivity contribution in [1.82, 2.24) is 25.0 Å². The van der Waals surface area contributed by atoms with Gasteiger partial charge in [-0.25, -0.2) is 14.5 Å². The fraction of sp³-hybridized carbons (Fsp3) is 0.235. The van der Waals surface area contributed by atoms with Crippen LogP contribution in [-0.4, -0.2) is 42.6 Å². The SMILES string of the molecule is CC(C)COc1ccc(-c2ncc(C(=O)O)c(=O)[nH]2)cc1-n1ccnn1. The Balaban J connectivity index is 2.04. The van der Waals surface area contributed by atoms with Crippen molar-refractivity contribution in [1.29, 1.82) is 0 Å². The Morgan fingerprint density at radius 2 is 2.19 bits per heavy atom. The molecule has 0 aliphatic carbocycles. The van der Waals surface area contributed by atoms with Crippen LogP contribution in [0.1, 0.15) is 24.2 Å². The molecule has 0 atom stereocenters. The van der Waals surface area contributed by atoms with Crippen molar-refractivity contribution in [3.63, 3.8) is 0 Å². The molecule has 0 saturated carbocycles. The standard InChI is InChI=1S/C17H17N5O4/c1-10(2)9-26-14-4-3-11(7-13(14)22-6-5-19-21-22)15-18-8-12(17(24)25)16(23)20-15/h3-8,10H,9H2,1-2H3,(H,24,25)(H,18,20,23). The molecule has 9 heteroatoms. The maximum absolute atomic E-state index is 11.9. The topological polar surface area (TPSA) is 123 Å². The first-order valence-corrected chi connectivity index (χ1v) is 7.92. The molecule has 3 aromatic rings. The van der Waals surface area contributed by atoms with Gasteiger partial charge in [-0.2, -0.15) is 0 Å². The number of carbonyl (C=O) groups is 1. The number of hydrogen-bond donors (Lipinski definition) is 2. The lowest BCUT2D eigenvalue weighted by Gasteiger charge is -2.14. The fourth-order valence-electron chi connectivity index (χ4n) is 2.25. The summed E-state index contributed by atoms with van der Waals surface area (Å²) in [7, 11) is 0. The van der Waals surface area contributed by atoms with E-state index in [1.807, 2.05) is 13.8 Å². The van der Waals surface area contributed by atoms with Gasteiger partial charge in [-0.3, -0.25) is 4.79 Å². The Morgan fingerprint density at radius 1 is 1.38 bits per heavy atom. The quantitative estimate of drug-likeness (QED) is 0.690. The molecule has 9 nitrogen and oxygen atoms in total. The van der Waals surface area contributed by atoms with Crippen LogP contribution in [-0.2, 0) is 0 Å². The van der Waals surface area contributed by atoms with Gasteiger partial charge in [0.25, 0.3) is 5.56 Å². The molecule has 0 unspecified atom stereocenters. The molecule has 134 valence electrons. The first-order chi connectivity index (χ1) is 12.5. The second kappa shape index (κ2) is 7.18. The maximum Gasteiger partial charge on any atom is 0.342 e. The molecule has 3 rings (SSSR count). The molecule has 26 heavy (non-hydrogen) atoms. The molecule has 2 aromatic heterocycles. The lowest BCUT2D eigenvalue weighted by molar-refractivity contribution is 0.0694. The van der Waals surface area contributed by atoms with Crippen molar-refractivity contribution >= 4 is 5.97 Å². The second-order valence-corrected chi connectivity index (χ2v) is 6.01. The average molecular weight is 355 g/mol. The highest BCUT2D eigenvalue weighted by molar-refractivity contribution is 5.86. The molecule has 0 amide bonds. The van der Waals surface area contributed by atoms with Crippen molar-refractivity contribution < 1.29 is 14.6 Å². The summed E-state index contributed by atoms with van der Waals surface area (Å²) in [6, 6.07) is 5.22. The van der Waals surface area contributed by atoms with Crippen molar-refractivity contribution in [2.75, 3.05) is 6.61 Å². The monoisotopic (exact) mass is 355 g/mol. The molecular formula is C17H17N5O4. The minimum Gasteiger partial charge on any atom is -0.491 e. The number of H-pyrrole nitrogens is 1. The number of nitrogens with zero attached hydrogens (tertiary/aromatic N) is 4. The van der Waals surface area contributed by atoms with E-state index in [1.54, 1.807) is 35.3 Å². The largest absolute Gasteiger partial charge is 0.491 e. The van der Waals surface area contributed by atoms with Crippen LogP contribution >= 0.6 is 0 Å². The summed E-state index contributed by atoms with van der Waals surface area (Å²) < 4.78 is 7.37. The highest BCUT2D eigenvalue weighted by Crippen LogP contribution is 2.27. The van der Waals surface area contributed by atoms with Gasteiger partial charge in [0.2, 0.25) is 0 Å². The van der Waals surface area contributed by atoms with Gasteiger partial charge in [0, 0.05) is 11.8 Å². The third-order valence-electron chi connectivity index (χ3n) is 3.50. The van der Waals surface area contributed by atoms with Crippen LogP contribution in [0.2, 0.25) is 0 Å². The van der Waals surface area contributed by atoms with Crippen LogP contribution in [0.5, 0.6) is 5.75 Å². The van der Waals surface area contributed by atoms with E-state index in [4.69, 9.17) is 9.84 Å².